The van der Waals surface area contributed by atoms with Gasteiger partial charge in [0.15, 0.2) is 0 Å². The highest BCUT2D eigenvalue weighted by molar-refractivity contribution is 6.42. The Kier molecular flexibility index (Phi) is 2.74. The number of halogens is 2. The van der Waals surface area contributed by atoms with Gasteiger partial charge < -0.3 is 5.11 Å². The summed E-state index contributed by atoms with van der Waals surface area (Å²) in [6.07, 6.45) is 0.710. The first-order chi connectivity index (χ1) is 6.59. The predicted octanol–water partition coefficient (Wildman–Crippen LogP) is 3.68. The minimum atomic E-state index is -0.389. The standard InChI is InChI=1S/C11H12Cl2O/c1-6-4-8(6)11(14)7-2-3-9(12)10(13)5-7/h2-3,5-6,8,11,14H,4H2,1H3. The highest BCUT2D eigenvalue weighted by Crippen LogP contribution is 2.47. The zero-order chi connectivity index (χ0) is 10.3. The van der Waals surface area contributed by atoms with E-state index in [1.807, 2.05) is 6.07 Å². The van der Waals surface area contributed by atoms with Crippen LogP contribution in [0.2, 0.25) is 10.0 Å². The van der Waals surface area contributed by atoms with Crippen LogP contribution in [-0.4, -0.2) is 5.11 Å². The lowest BCUT2D eigenvalue weighted by molar-refractivity contribution is 0.148. The highest BCUT2D eigenvalue weighted by atomic mass is 35.5. The van der Waals surface area contributed by atoms with Crippen LogP contribution in [0.1, 0.15) is 25.0 Å². The van der Waals surface area contributed by atoms with E-state index in [4.69, 9.17) is 23.2 Å². The smallest absolute Gasteiger partial charge is 0.0821 e. The van der Waals surface area contributed by atoms with Gasteiger partial charge in [-0.05, 0) is 36.0 Å². The van der Waals surface area contributed by atoms with Crippen LogP contribution < -0.4 is 0 Å². The fourth-order valence-electron chi connectivity index (χ4n) is 1.73. The molecule has 1 aromatic carbocycles. The lowest BCUT2D eigenvalue weighted by atomic mass is 10.0. The first-order valence-electron chi connectivity index (χ1n) is 4.72. The van der Waals surface area contributed by atoms with E-state index >= 15 is 0 Å². The van der Waals surface area contributed by atoms with Gasteiger partial charge in [0.05, 0.1) is 16.1 Å². The van der Waals surface area contributed by atoms with E-state index in [2.05, 4.69) is 6.92 Å². The van der Waals surface area contributed by atoms with E-state index in [1.165, 1.54) is 0 Å². The summed E-state index contributed by atoms with van der Waals surface area (Å²) in [5.41, 5.74) is 0.869. The Bertz CT molecular complexity index is 351. The SMILES string of the molecule is CC1CC1C(O)c1ccc(Cl)c(Cl)c1. The summed E-state index contributed by atoms with van der Waals surface area (Å²) in [5.74, 6) is 1.02. The van der Waals surface area contributed by atoms with E-state index < -0.39 is 0 Å². The molecule has 1 aliphatic carbocycles. The molecule has 0 aromatic heterocycles. The van der Waals surface area contributed by atoms with Crippen LogP contribution in [0.3, 0.4) is 0 Å². The highest BCUT2D eigenvalue weighted by Gasteiger charge is 2.39. The average Bonchev–Trinajstić information content (AvgIpc) is 2.86. The molecule has 2 rings (SSSR count). The summed E-state index contributed by atoms with van der Waals surface area (Å²) >= 11 is 11.7. The molecule has 1 aromatic rings. The maximum Gasteiger partial charge on any atom is 0.0821 e. The number of aliphatic hydroxyl groups is 1. The topological polar surface area (TPSA) is 20.2 Å². The van der Waals surface area contributed by atoms with Crippen molar-refractivity contribution in [1.82, 2.24) is 0 Å². The van der Waals surface area contributed by atoms with Crippen molar-refractivity contribution in [3.8, 4) is 0 Å². The van der Waals surface area contributed by atoms with Gasteiger partial charge in [0.25, 0.3) is 0 Å². The van der Waals surface area contributed by atoms with Crippen molar-refractivity contribution >= 4 is 23.2 Å². The second kappa shape index (κ2) is 3.73. The molecule has 0 aliphatic heterocycles. The summed E-state index contributed by atoms with van der Waals surface area (Å²) < 4.78 is 0. The van der Waals surface area contributed by atoms with Gasteiger partial charge in [0, 0.05) is 0 Å². The summed E-state index contributed by atoms with van der Waals surface area (Å²) in [7, 11) is 0. The third kappa shape index (κ3) is 1.90. The molecular formula is C11H12Cl2O. The van der Waals surface area contributed by atoms with Gasteiger partial charge in [-0.1, -0.05) is 36.2 Å². The minimum absolute atomic E-state index is 0.389. The van der Waals surface area contributed by atoms with Crippen molar-refractivity contribution < 1.29 is 5.11 Å². The zero-order valence-corrected chi connectivity index (χ0v) is 9.39. The lowest BCUT2D eigenvalue weighted by Crippen LogP contribution is -2.00. The van der Waals surface area contributed by atoms with Crippen LogP contribution in [0.4, 0.5) is 0 Å². The van der Waals surface area contributed by atoms with E-state index in [0.717, 1.165) is 12.0 Å². The normalized spacial score (nSPS) is 27.4. The second-order valence-electron chi connectivity index (χ2n) is 4.00. The van der Waals surface area contributed by atoms with Gasteiger partial charge in [-0.2, -0.15) is 0 Å². The molecule has 0 amide bonds. The Labute approximate surface area is 93.7 Å². The van der Waals surface area contributed by atoms with Crippen molar-refractivity contribution in [3.63, 3.8) is 0 Å². The molecule has 3 heteroatoms. The molecule has 1 aliphatic rings. The van der Waals surface area contributed by atoms with Crippen LogP contribution in [0.25, 0.3) is 0 Å². The molecule has 1 fully saturated rings. The minimum Gasteiger partial charge on any atom is -0.388 e. The average molecular weight is 231 g/mol. The Morgan fingerprint density at radius 1 is 1.36 bits per heavy atom. The molecule has 0 bridgehead atoms. The Hall–Kier alpha value is -0.240. The molecule has 3 atom stereocenters. The maximum atomic E-state index is 9.94. The quantitative estimate of drug-likeness (QED) is 0.822. The molecule has 14 heavy (non-hydrogen) atoms. The first-order valence-corrected chi connectivity index (χ1v) is 5.48. The summed E-state index contributed by atoms with van der Waals surface area (Å²) in [6, 6.07) is 5.32. The first kappa shape index (κ1) is 10.3. The van der Waals surface area contributed by atoms with E-state index in [9.17, 15) is 5.11 Å². The summed E-state index contributed by atoms with van der Waals surface area (Å²) in [6.45, 7) is 2.14. The largest absolute Gasteiger partial charge is 0.388 e. The molecule has 1 saturated carbocycles. The van der Waals surface area contributed by atoms with E-state index in [0.29, 0.717) is 21.9 Å². The zero-order valence-electron chi connectivity index (χ0n) is 7.87. The molecule has 76 valence electrons. The van der Waals surface area contributed by atoms with Crippen molar-refractivity contribution in [1.29, 1.82) is 0 Å². The Morgan fingerprint density at radius 3 is 2.50 bits per heavy atom. The number of aliphatic hydroxyl groups excluding tert-OH is 1. The monoisotopic (exact) mass is 230 g/mol. The fourth-order valence-corrected chi connectivity index (χ4v) is 2.04. The summed E-state index contributed by atoms with van der Waals surface area (Å²) in [4.78, 5) is 0. The molecule has 3 unspecified atom stereocenters. The number of hydrogen-bond acceptors (Lipinski definition) is 1. The van der Waals surface area contributed by atoms with Crippen LogP contribution in [0.5, 0.6) is 0 Å². The molecule has 0 heterocycles. The van der Waals surface area contributed by atoms with Crippen LogP contribution in [0.15, 0.2) is 18.2 Å². The van der Waals surface area contributed by atoms with Crippen LogP contribution in [-0.2, 0) is 0 Å². The van der Waals surface area contributed by atoms with E-state index in [1.54, 1.807) is 12.1 Å². The molecule has 0 spiro atoms. The van der Waals surface area contributed by atoms with E-state index in [-0.39, 0.29) is 6.10 Å². The third-order valence-corrected chi connectivity index (χ3v) is 3.60. The molecule has 1 N–H and O–H groups in total. The van der Waals surface area contributed by atoms with Gasteiger partial charge >= 0.3 is 0 Å². The van der Waals surface area contributed by atoms with Gasteiger partial charge in [-0.3, -0.25) is 0 Å². The molecular weight excluding hydrogens is 219 g/mol. The van der Waals surface area contributed by atoms with Crippen molar-refractivity contribution in [2.24, 2.45) is 11.8 Å². The van der Waals surface area contributed by atoms with Crippen molar-refractivity contribution in [3.05, 3.63) is 33.8 Å². The third-order valence-electron chi connectivity index (χ3n) is 2.86. The van der Waals surface area contributed by atoms with Gasteiger partial charge in [0.2, 0.25) is 0 Å². The van der Waals surface area contributed by atoms with Gasteiger partial charge in [-0.25, -0.2) is 0 Å². The van der Waals surface area contributed by atoms with Gasteiger partial charge in [0.1, 0.15) is 0 Å². The maximum absolute atomic E-state index is 9.94. The fraction of sp³-hybridized carbons (Fsp3) is 0.455. The molecule has 0 radical (unpaired) electrons. The molecule has 1 nitrogen and oxygen atoms in total. The molecule has 0 saturated heterocycles. The Balaban J connectivity index is 2.20. The second-order valence-corrected chi connectivity index (χ2v) is 4.81. The van der Waals surface area contributed by atoms with Crippen molar-refractivity contribution in [2.45, 2.75) is 19.4 Å². The van der Waals surface area contributed by atoms with Crippen LogP contribution >= 0.6 is 23.2 Å². The van der Waals surface area contributed by atoms with Gasteiger partial charge in [-0.15, -0.1) is 0 Å². The predicted molar refractivity (Wildman–Crippen MR) is 58.7 cm³/mol. The number of hydrogen-bond donors (Lipinski definition) is 1. The van der Waals surface area contributed by atoms with Crippen LogP contribution in [0, 0.1) is 11.8 Å². The number of benzene rings is 1. The Morgan fingerprint density at radius 2 is 2.00 bits per heavy atom. The number of rotatable bonds is 2. The lowest BCUT2D eigenvalue weighted by Gasteiger charge is -2.10. The van der Waals surface area contributed by atoms with Crippen molar-refractivity contribution in [2.75, 3.05) is 0 Å². The summed E-state index contributed by atoms with van der Waals surface area (Å²) in [5, 5.41) is 11.0.